The van der Waals surface area contributed by atoms with Gasteiger partial charge in [-0.2, -0.15) is 31.9 Å². The predicted molar refractivity (Wildman–Crippen MR) is 122 cm³/mol. The number of hydrogen-bond acceptors (Lipinski definition) is 5. The van der Waals surface area contributed by atoms with Gasteiger partial charge in [-0.05, 0) is 49.4 Å². The SMILES string of the molecule is CCC(=O)Nc1ccc(SC[C@@](C)(O)C(=O)Nc2ccc(C#N)c(C(F)(F)F)c2)cc1.S. The Morgan fingerprint density at radius 1 is 1.09 bits per heavy atom. The maximum atomic E-state index is 13.1. The van der Waals surface area contributed by atoms with Crippen LogP contribution in [0.5, 0.6) is 0 Å². The number of benzene rings is 2. The van der Waals surface area contributed by atoms with Gasteiger partial charge < -0.3 is 15.7 Å². The number of nitriles is 1. The molecule has 0 heterocycles. The summed E-state index contributed by atoms with van der Waals surface area (Å²) in [5, 5.41) is 24.3. The van der Waals surface area contributed by atoms with Gasteiger partial charge in [0.1, 0.15) is 5.60 Å². The third-order valence-electron chi connectivity index (χ3n) is 4.17. The van der Waals surface area contributed by atoms with Crippen molar-refractivity contribution in [1.82, 2.24) is 0 Å². The molecule has 2 aromatic carbocycles. The maximum Gasteiger partial charge on any atom is 0.417 e. The molecule has 0 aromatic heterocycles. The van der Waals surface area contributed by atoms with Crippen LogP contribution in [0.4, 0.5) is 24.5 Å². The average molecular weight is 486 g/mol. The minimum atomic E-state index is -4.76. The number of carbonyl (C=O) groups excluding carboxylic acids is 2. The normalized spacial score (nSPS) is 12.7. The minimum absolute atomic E-state index is 0. The fourth-order valence-electron chi connectivity index (χ4n) is 2.39. The van der Waals surface area contributed by atoms with E-state index in [4.69, 9.17) is 5.26 Å². The monoisotopic (exact) mass is 485 g/mol. The molecular weight excluding hydrogens is 463 g/mol. The molecule has 2 amide bonds. The molecule has 2 aromatic rings. The lowest BCUT2D eigenvalue weighted by atomic mass is 10.1. The summed E-state index contributed by atoms with van der Waals surface area (Å²) < 4.78 is 39.2. The van der Waals surface area contributed by atoms with E-state index >= 15 is 0 Å². The van der Waals surface area contributed by atoms with Crippen molar-refractivity contribution in [1.29, 1.82) is 5.26 Å². The van der Waals surface area contributed by atoms with E-state index in [9.17, 15) is 27.9 Å². The van der Waals surface area contributed by atoms with Crippen molar-refractivity contribution in [2.24, 2.45) is 0 Å². The molecule has 0 spiro atoms. The van der Waals surface area contributed by atoms with Crippen LogP contribution >= 0.6 is 25.3 Å². The Bertz CT molecular complexity index is 1000. The van der Waals surface area contributed by atoms with Crippen LogP contribution in [0.3, 0.4) is 0 Å². The molecule has 0 saturated heterocycles. The molecule has 32 heavy (non-hydrogen) atoms. The number of hydrogen-bond donors (Lipinski definition) is 3. The lowest BCUT2D eigenvalue weighted by Gasteiger charge is -2.22. The van der Waals surface area contributed by atoms with E-state index in [1.54, 1.807) is 31.2 Å². The molecule has 172 valence electrons. The van der Waals surface area contributed by atoms with Crippen molar-refractivity contribution in [2.75, 3.05) is 16.4 Å². The van der Waals surface area contributed by atoms with E-state index in [0.717, 1.165) is 17.0 Å². The summed E-state index contributed by atoms with van der Waals surface area (Å²) in [6, 6.07) is 11.0. The van der Waals surface area contributed by atoms with Crippen LogP contribution < -0.4 is 10.6 Å². The zero-order valence-corrected chi connectivity index (χ0v) is 19.0. The van der Waals surface area contributed by atoms with Gasteiger partial charge in [0.25, 0.3) is 5.91 Å². The minimum Gasteiger partial charge on any atom is -0.379 e. The molecule has 0 bridgehead atoms. The van der Waals surface area contributed by atoms with Gasteiger partial charge in [-0.3, -0.25) is 9.59 Å². The van der Waals surface area contributed by atoms with Gasteiger partial charge in [0.15, 0.2) is 0 Å². The number of rotatable bonds is 7. The molecule has 0 aliphatic carbocycles. The van der Waals surface area contributed by atoms with Crippen LogP contribution in [0.25, 0.3) is 0 Å². The summed E-state index contributed by atoms with van der Waals surface area (Å²) >= 11 is 1.17. The summed E-state index contributed by atoms with van der Waals surface area (Å²) in [5.74, 6) is -1.08. The number of nitrogens with one attached hydrogen (secondary N) is 2. The van der Waals surface area contributed by atoms with E-state index in [-0.39, 0.29) is 30.8 Å². The molecular formula is C21H22F3N3O3S2. The number of carbonyl (C=O) groups is 2. The number of amides is 2. The highest BCUT2D eigenvalue weighted by atomic mass is 32.2. The Labute approximate surface area is 194 Å². The Hall–Kier alpha value is -2.68. The highest BCUT2D eigenvalue weighted by Gasteiger charge is 2.35. The zero-order valence-electron chi connectivity index (χ0n) is 17.2. The Kier molecular flexibility index (Phi) is 9.63. The van der Waals surface area contributed by atoms with Crippen molar-refractivity contribution < 1.29 is 27.9 Å². The summed E-state index contributed by atoms with van der Waals surface area (Å²) in [7, 11) is 0. The maximum absolute atomic E-state index is 13.1. The third kappa shape index (κ3) is 7.47. The third-order valence-corrected chi connectivity index (χ3v) is 5.48. The lowest BCUT2D eigenvalue weighted by Crippen LogP contribution is -2.42. The van der Waals surface area contributed by atoms with Crippen molar-refractivity contribution in [3.63, 3.8) is 0 Å². The number of aliphatic hydroxyl groups is 1. The molecule has 6 nitrogen and oxygen atoms in total. The first-order chi connectivity index (χ1) is 14.5. The molecule has 3 N–H and O–H groups in total. The van der Waals surface area contributed by atoms with Gasteiger partial charge >= 0.3 is 6.18 Å². The van der Waals surface area contributed by atoms with Crippen molar-refractivity contribution in [2.45, 2.75) is 36.9 Å². The molecule has 1 atom stereocenters. The van der Waals surface area contributed by atoms with Crippen LogP contribution in [0.1, 0.15) is 31.4 Å². The fourth-order valence-corrected chi connectivity index (χ4v) is 3.30. The second-order valence-corrected chi connectivity index (χ2v) is 7.86. The van der Waals surface area contributed by atoms with Crippen molar-refractivity contribution in [3.05, 3.63) is 53.6 Å². The van der Waals surface area contributed by atoms with Gasteiger partial charge in [-0.15, -0.1) is 11.8 Å². The molecule has 0 aliphatic rings. The van der Waals surface area contributed by atoms with Crippen LogP contribution in [0.15, 0.2) is 47.4 Å². The molecule has 11 heteroatoms. The number of thioether (sulfide) groups is 1. The molecule has 0 fully saturated rings. The Balaban J connectivity index is 0.00000512. The van der Waals surface area contributed by atoms with Crippen LogP contribution in [-0.2, 0) is 15.8 Å². The summed E-state index contributed by atoms with van der Waals surface area (Å²) in [4.78, 5) is 24.5. The summed E-state index contributed by atoms with van der Waals surface area (Å²) in [6.07, 6.45) is -4.41. The topological polar surface area (TPSA) is 102 Å². The largest absolute Gasteiger partial charge is 0.417 e. The second-order valence-electron chi connectivity index (χ2n) is 6.81. The molecule has 0 radical (unpaired) electrons. The van der Waals surface area contributed by atoms with E-state index in [0.29, 0.717) is 18.2 Å². The smallest absolute Gasteiger partial charge is 0.379 e. The van der Waals surface area contributed by atoms with Gasteiger partial charge in [-0.1, -0.05) is 6.92 Å². The number of anilines is 2. The summed E-state index contributed by atoms with van der Waals surface area (Å²) in [6.45, 7) is 2.98. The standard InChI is InChI=1S/C21H20F3N3O3S.H2S/c1-3-18(28)26-14-6-8-16(9-7-14)31-12-20(2,30)19(29)27-15-5-4-13(11-25)17(10-15)21(22,23)24;/h4-10,30H,3,12H2,1-2H3,(H,26,28)(H,27,29);1H2/t20-;/m1./s1. The van der Waals surface area contributed by atoms with Gasteiger partial charge in [0.2, 0.25) is 5.91 Å². The Morgan fingerprint density at radius 2 is 1.69 bits per heavy atom. The summed E-state index contributed by atoms with van der Waals surface area (Å²) in [5.41, 5.74) is -3.19. The number of nitrogens with zero attached hydrogens (tertiary/aromatic N) is 1. The van der Waals surface area contributed by atoms with Crippen molar-refractivity contribution in [3.8, 4) is 6.07 Å². The first-order valence-electron chi connectivity index (χ1n) is 9.14. The zero-order chi connectivity index (χ0) is 23.2. The van der Waals surface area contributed by atoms with Gasteiger partial charge in [0.05, 0.1) is 17.2 Å². The molecule has 0 aliphatic heterocycles. The number of alkyl halides is 3. The molecule has 2 rings (SSSR count). The van der Waals surface area contributed by atoms with E-state index < -0.39 is 28.8 Å². The molecule has 0 unspecified atom stereocenters. The first kappa shape index (κ1) is 27.4. The molecule has 0 saturated carbocycles. The highest BCUT2D eigenvalue weighted by Crippen LogP contribution is 2.34. The fraction of sp³-hybridized carbons (Fsp3) is 0.286. The number of halogens is 3. The first-order valence-corrected chi connectivity index (χ1v) is 10.1. The quantitative estimate of drug-likeness (QED) is 0.501. The van der Waals surface area contributed by atoms with Gasteiger partial charge in [0, 0.05) is 28.4 Å². The Morgan fingerprint density at radius 3 is 2.22 bits per heavy atom. The van der Waals surface area contributed by atoms with Gasteiger partial charge in [-0.25, -0.2) is 0 Å². The van der Waals surface area contributed by atoms with E-state index in [1.165, 1.54) is 24.8 Å². The van der Waals surface area contributed by atoms with E-state index in [1.807, 2.05) is 0 Å². The van der Waals surface area contributed by atoms with Crippen LogP contribution in [0.2, 0.25) is 0 Å². The predicted octanol–water partition coefficient (Wildman–Crippen LogP) is 4.52. The van der Waals surface area contributed by atoms with Crippen LogP contribution in [-0.4, -0.2) is 28.3 Å². The van der Waals surface area contributed by atoms with E-state index in [2.05, 4.69) is 10.6 Å². The van der Waals surface area contributed by atoms with Crippen LogP contribution in [0, 0.1) is 11.3 Å². The second kappa shape index (κ2) is 11.3. The highest BCUT2D eigenvalue weighted by molar-refractivity contribution is 7.99. The lowest BCUT2D eigenvalue weighted by molar-refractivity contribution is -0.137. The average Bonchev–Trinajstić information content (AvgIpc) is 2.72. The van der Waals surface area contributed by atoms with Crippen molar-refractivity contribution >= 4 is 48.4 Å².